The van der Waals surface area contributed by atoms with Crippen molar-refractivity contribution in [2.24, 2.45) is 38.7 Å². The fourth-order valence-corrected chi connectivity index (χ4v) is 6.88. The number of rotatable bonds is 10. The van der Waals surface area contributed by atoms with Crippen LogP contribution in [0.25, 0.3) is 0 Å². The Kier molecular flexibility index (Phi) is 14.3. The molecule has 2 unspecified atom stereocenters. The fraction of sp³-hybridized carbons (Fsp3) is 0.667. The molecule has 10 nitrogen and oxygen atoms in total. The van der Waals surface area contributed by atoms with Crippen molar-refractivity contribution in [3.63, 3.8) is 0 Å². The zero-order chi connectivity index (χ0) is 32.3. The van der Waals surface area contributed by atoms with Gasteiger partial charge in [-0.1, -0.05) is 39.3 Å². The Morgan fingerprint density at radius 1 is 0.814 bits per heavy atom. The quantitative estimate of drug-likeness (QED) is 0.185. The van der Waals surface area contributed by atoms with Crippen LogP contribution in [0.4, 0.5) is 5.82 Å². The summed E-state index contributed by atoms with van der Waals surface area (Å²) in [5, 5.41) is 13.3. The van der Waals surface area contributed by atoms with E-state index in [0.717, 1.165) is 37.5 Å². The topological polar surface area (TPSA) is 184 Å². The van der Waals surface area contributed by atoms with E-state index >= 15 is 0 Å². The van der Waals surface area contributed by atoms with Crippen molar-refractivity contribution in [1.82, 2.24) is 9.97 Å². The van der Waals surface area contributed by atoms with E-state index in [1.165, 1.54) is 82.2 Å². The van der Waals surface area contributed by atoms with Crippen LogP contribution in [-0.2, 0) is 20.0 Å². The van der Waals surface area contributed by atoms with Gasteiger partial charge in [0.25, 0.3) is 0 Å². The predicted octanol–water partition coefficient (Wildman–Crippen LogP) is 5.68. The molecule has 43 heavy (non-hydrogen) atoms. The molecular formula is C30H51ClN6O4S2. The molecule has 2 fully saturated rings. The lowest BCUT2D eigenvalue weighted by Crippen LogP contribution is -2.13. The SMILES string of the molecule is CC1(C)CCC(CCCN)C1.CC1(C)CCC(CCCNc2ccc(S(N)(=O)=O)cn2)C1.NS(=O)(=O)c1ccc(Cl)nc1. The van der Waals surface area contributed by atoms with Crippen LogP contribution in [0, 0.1) is 22.7 Å². The van der Waals surface area contributed by atoms with Crippen LogP contribution in [0.5, 0.6) is 0 Å². The van der Waals surface area contributed by atoms with Crippen molar-refractivity contribution in [3.05, 3.63) is 41.8 Å². The van der Waals surface area contributed by atoms with Crippen LogP contribution >= 0.6 is 11.6 Å². The molecule has 2 heterocycles. The van der Waals surface area contributed by atoms with Crippen LogP contribution in [0.15, 0.2) is 46.5 Å². The Labute approximate surface area is 264 Å². The first-order valence-electron chi connectivity index (χ1n) is 15.0. The maximum Gasteiger partial charge on any atom is 0.239 e. The minimum absolute atomic E-state index is 0.0399. The number of hydrogen-bond acceptors (Lipinski definition) is 8. The highest BCUT2D eigenvalue weighted by molar-refractivity contribution is 7.89. The third kappa shape index (κ3) is 14.7. The van der Waals surface area contributed by atoms with Gasteiger partial charge in [-0.2, -0.15) is 0 Å². The molecule has 2 atom stereocenters. The lowest BCUT2D eigenvalue weighted by atomic mass is 9.89. The fourth-order valence-electron chi connectivity index (χ4n) is 5.85. The third-order valence-electron chi connectivity index (χ3n) is 8.15. The van der Waals surface area contributed by atoms with E-state index < -0.39 is 20.0 Å². The monoisotopic (exact) mass is 658 g/mol. The first-order chi connectivity index (χ1) is 19.9. The Bertz CT molecular complexity index is 1340. The van der Waals surface area contributed by atoms with Crippen LogP contribution in [0.3, 0.4) is 0 Å². The number of halogens is 1. The van der Waals surface area contributed by atoms with Gasteiger partial charge in [-0.3, -0.25) is 0 Å². The molecule has 0 spiro atoms. The highest BCUT2D eigenvalue weighted by atomic mass is 35.5. The van der Waals surface area contributed by atoms with Crippen molar-refractivity contribution in [2.45, 2.75) is 102 Å². The van der Waals surface area contributed by atoms with Gasteiger partial charge in [0.05, 0.1) is 0 Å². The van der Waals surface area contributed by atoms with Gasteiger partial charge >= 0.3 is 0 Å². The third-order valence-corrected chi connectivity index (χ3v) is 10.2. The van der Waals surface area contributed by atoms with E-state index in [4.69, 9.17) is 27.6 Å². The molecule has 2 aliphatic rings. The number of anilines is 1. The molecule has 244 valence electrons. The summed E-state index contributed by atoms with van der Waals surface area (Å²) in [4.78, 5) is 7.62. The van der Waals surface area contributed by atoms with Gasteiger partial charge in [0.1, 0.15) is 20.8 Å². The predicted molar refractivity (Wildman–Crippen MR) is 174 cm³/mol. The van der Waals surface area contributed by atoms with Crippen LogP contribution < -0.4 is 21.3 Å². The van der Waals surface area contributed by atoms with Crippen molar-refractivity contribution < 1.29 is 16.8 Å². The smallest absolute Gasteiger partial charge is 0.239 e. The number of nitrogens with one attached hydrogen (secondary N) is 1. The summed E-state index contributed by atoms with van der Waals surface area (Å²) in [5.74, 6) is 2.52. The molecule has 0 bridgehead atoms. The molecule has 4 rings (SSSR count). The number of primary sulfonamides is 2. The molecule has 13 heteroatoms. The molecule has 0 amide bonds. The Morgan fingerprint density at radius 2 is 1.30 bits per heavy atom. The summed E-state index contributed by atoms with van der Waals surface area (Å²) >= 11 is 5.42. The molecule has 0 aromatic carbocycles. The van der Waals surface area contributed by atoms with Gasteiger partial charge in [0, 0.05) is 18.9 Å². The molecule has 2 aromatic rings. The Balaban J connectivity index is 0.000000247. The van der Waals surface area contributed by atoms with Crippen LogP contribution in [0.2, 0.25) is 5.15 Å². The standard InChI is InChI=1S/C15H25N3O2S.C10H21N.C5H5ClN2O2S/c1-15(2)8-7-12(10-15)4-3-9-17-14-6-5-13(11-18-14)21(16,19)20;1-10(2)6-5-9(8-10)4-3-7-11;6-5-2-1-4(3-8-5)11(7,9)10/h5-6,11-12H,3-4,7-10H2,1-2H3,(H,17,18)(H2,16,19,20);9H,3-8,11H2,1-2H3;1-3H,(H2,7,9,10). The van der Waals surface area contributed by atoms with E-state index in [1.54, 1.807) is 6.07 Å². The summed E-state index contributed by atoms with van der Waals surface area (Å²) in [6.45, 7) is 11.2. The number of hydrogen-bond donors (Lipinski definition) is 4. The second kappa shape index (κ2) is 16.5. The molecule has 0 radical (unpaired) electrons. The lowest BCUT2D eigenvalue weighted by Gasteiger charge is -2.17. The number of nitrogens with zero attached hydrogens (tertiary/aromatic N) is 2. The summed E-state index contributed by atoms with van der Waals surface area (Å²) in [7, 11) is -7.30. The average Bonchev–Trinajstić information content (AvgIpc) is 3.45. The molecule has 7 N–H and O–H groups in total. The van der Waals surface area contributed by atoms with E-state index in [2.05, 4.69) is 43.0 Å². The summed E-state index contributed by atoms with van der Waals surface area (Å²) in [5.41, 5.74) is 6.62. The van der Waals surface area contributed by atoms with Crippen molar-refractivity contribution in [1.29, 1.82) is 0 Å². The first-order valence-corrected chi connectivity index (χ1v) is 18.4. The number of sulfonamides is 2. The van der Waals surface area contributed by atoms with Gasteiger partial charge in [-0.15, -0.1) is 0 Å². The van der Waals surface area contributed by atoms with Crippen molar-refractivity contribution >= 4 is 37.5 Å². The highest BCUT2D eigenvalue weighted by Crippen LogP contribution is 2.43. The molecule has 0 aliphatic heterocycles. The number of nitrogens with two attached hydrogens (primary N) is 3. The normalized spacial score (nSPS) is 20.8. The van der Waals surface area contributed by atoms with E-state index in [1.807, 2.05) is 0 Å². The molecule has 2 saturated carbocycles. The second-order valence-corrected chi connectivity index (χ2v) is 16.8. The van der Waals surface area contributed by atoms with Crippen LogP contribution in [0.1, 0.15) is 91.9 Å². The summed E-state index contributed by atoms with van der Waals surface area (Å²) in [6, 6.07) is 5.79. The zero-order valence-electron chi connectivity index (χ0n) is 26.1. The van der Waals surface area contributed by atoms with Gasteiger partial charge in [0.2, 0.25) is 20.0 Å². The first kappa shape index (κ1) is 37.4. The molecule has 2 aliphatic carbocycles. The summed E-state index contributed by atoms with van der Waals surface area (Å²) in [6.07, 6.45) is 15.6. The van der Waals surface area contributed by atoms with Gasteiger partial charge in [-0.25, -0.2) is 37.1 Å². The Hall–Kier alpha value is -1.83. The van der Waals surface area contributed by atoms with E-state index in [-0.39, 0.29) is 14.9 Å². The van der Waals surface area contributed by atoms with Crippen molar-refractivity contribution in [2.75, 3.05) is 18.4 Å². The largest absolute Gasteiger partial charge is 0.370 e. The van der Waals surface area contributed by atoms with Crippen LogP contribution in [-0.4, -0.2) is 39.9 Å². The summed E-state index contributed by atoms with van der Waals surface area (Å²) < 4.78 is 43.5. The lowest BCUT2D eigenvalue weighted by molar-refractivity contribution is 0.352. The average molecular weight is 659 g/mol. The second-order valence-electron chi connectivity index (χ2n) is 13.3. The molecule has 2 aromatic heterocycles. The van der Waals surface area contributed by atoms with E-state index in [0.29, 0.717) is 16.6 Å². The molecular weight excluding hydrogens is 608 g/mol. The van der Waals surface area contributed by atoms with Gasteiger partial charge < -0.3 is 11.1 Å². The van der Waals surface area contributed by atoms with E-state index in [9.17, 15) is 16.8 Å². The number of aromatic nitrogens is 2. The minimum atomic E-state index is -3.66. The maximum absolute atomic E-state index is 11.1. The zero-order valence-corrected chi connectivity index (χ0v) is 28.4. The highest BCUT2D eigenvalue weighted by Gasteiger charge is 2.30. The van der Waals surface area contributed by atoms with Gasteiger partial charge in [0.15, 0.2) is 0 Å². The maximum atomic E-state index is 11.1. The van der Waals surface area contributed by atoms with Gasteiger partial charge in [-0.05, 0) is 118 Å². The Morgan fingerprint density at radius 3 is 1.67 bits per heavy atom. The molecule has 0 saturated heterocycles. The minimum Gasteiger partial charge on any atom is -0.370 e. The number of pyridine rings is 2. The van der Waals surface area contributed by atoms with Crippen molar-refractivity contribution in [3.8, 4) is 0 Å².